The quantitative estimate of drug-likeness (QED) is 0.176. The molecule has 11 aromatic rings. The second-order valence-electron chi connectivity index (χ2n) is 13.3. The molecule has 0 N–H and O–H groups in total. The monoisotopic (exact) mass is 663 g/mol. The molecule has 0 amide bonds. The van der Waals surface area contributed by atoms with Crippen molar-refractivity contribution in [2.75, 3.05) is 0 Å². The second-order valence-corrected chi connectivity index (χ2v) is 13.3. The summed E-state index contributed by atoms with van der Waals surface area (Å²) < 4.78 is 4.83. The Morgan fingerprint density at radius 1 is 0.327 bits per heavy atom. The van der Waals surface area contributed by atoms with E-state index in [2.05, 4.69) is 124 Å². The summed E-state index contributed by atoms with van der Waals surface area (Å²) in [4.78, 5) is 14.8. The Morgan fingerprint density at radius 3 is 1.52 bits per heavy atom. The molecule has 0 bridgehead atoms. The standard InChI is InChI=1S/C47H29N5/c1-3-13-30(14-4-1)45-48-46(31-15-5-2-6-16-31)50-47(49-45)32-23-25-34(26-24-32)51-40-22-12-9-19-37(40)44-41(51)28-27-36-35-18-8-11-21-39(35)52-38-20-10-7-17-33(38)29-42(52)43(36)44/h1-29H. The van der Waals surface area contributed by atoms with E-state index in [-0.39, 0.29) is 0 Å². The highest BCUT2D eigenvalue weighted by molar-refractivity contribution is 6.30. The number of aromatic nitrogens is 5. The van der Waals surface area contributed by atoms with Crippen LogP contribution >= 0.6 is 0 Å². The SMILES string of the molecule is c1ccc(-c2nc(-c3ccccc3)nc(-c3ccc(-n4c5ccccc5c5c6c(ccc54)c4ccccc4n4c5ccccc5cc64)cc3)n2)cc1. The van der Waals surface area contributed by atoms with Crippen molar-refractivity contribution in [2.24, 2.45) is 0 Å². The molecule has 0 unspecified atom stereocenters. The fourth-order valence-corrected chi connectivity index (χ4v) is 8.02. The van der Waals surface area contributed by atoms with Crippen molar-refractivity contribution in [3.8, 4) is 39.9 Å². The van der Waals surface area contributed by atoms with Crippen LogP contribution in [0.3, 0.4) is 0 Å². The van der Waals surface area contributed by atoms with Crippen LogP contribution in [0.1, 0.15) is 0 Å². The van der Waals surface area contributed by atoms with E-state index >= 15 is 0 Å². The van der Waals surface area contributed by atoms with Crippen molar-refractivity contribution in [3.63, 3.8) is 0 Å². The van der Waals surface area contributed by atoms with Crippen LogP contribution in [0.4, 0.5) is 0 Å². The molecule has 52 heavy (non-hydrogen) atoms. The molecule has 0 fully saturated rings. The summed E-state index contributed by atoms with van der Waals surface area (Å²) in [6, 6.07) is 62.0. The third-order valence-corrected chi connectivity index (χ3v) is 10.3. The molecule has 4 aromatic heterocycles. The van der Waals surface area contributed by atoms with Gasteiger partial charge in [0.05, 0.1) is 27.6 Å². The van der Waals surface area contributed by atoms with Gasteiger partial charge in [0.15, 0.2) is 17.5 Å². The van der Waals surface area contributed by atoms with Crippen LogP contribution in [-0.4, -0.2) is 23.9 Å². The van der Waals surface area contributed by atoms with Crippen molar-refractivity contribution >= 4 is 59.9 Å². The Labute approximate surface area is 298 Å². The maximum absolute atomic E-state index is 4.97. The van der Waals surface area contributed by atoms with Crippen LogP contribution < -0.4 is 0 Å². The first-order chi connectivity index (χ1) is 25.8. The Hall–Kier alpha value is -7.11. The first-order valence-electron chi connectivity index (χ1n) is 17.5. The van der Waals surface area contributed by atoms with E-state index in [0.29, 0.717) is 17.5 Å². The average Bonchev–Trinajstić information content (AvgIpc) is 3.78. The molecule has 11 rings (SSSR count). The zero-order chi connectivity index (χ0) is 34.2. The van der Waals surface area contributed by atoms with Gasteiger partial charge in [0.2, 0.25) is 0 Å². The minimum atomic E-state index is 0.641. The van der Waals surface area contributed by atoms with Gasteiger partial charge in [-0.05, 0) is 60.0 Å². The van der Waals surface area contributed by atoms with Gasteiger partial charge in [0.25, 0.3) is 0 Å². The number of hydrogen-bond acceptors (Lipinski definition) is 3. The molecule has 5 heteroatoms. The molecule has 0 atom stereocenters. The van der Waals surface area contributed by atoms with Gasteiger partial charge in [0.1, 0.15) is 0 Å². The number of benzene rings is 7. The average molecular weight is 664 g/mol. The fraction of sp³-hybridized carbons (Fsp3) is 0. The van der Waals surface area contributed by atoms with E-state index in [0.717, 1.165) is 27.9 Å². The van der Waals surface area contributed by atoms with E-state index < -0.39 is 0 Å². The molecule has 0 saturated heterocycles. The molecule has 5 nitrogen and oxygen atoms in total. The lowest BCUT2D eigenvalue weighted by atomic mass is 10.00. The smallest absolute Gasteiger partial charge is 0.164 e. The van der Waals surface area contributed by atoms with Crippen molar-refractivity contribution in [1.29, 1.82) is 0 Å². The summed E-state index contributed by atoms with van der Waals surface area (Å²) >= 11 is 0. The zero-order valence-corrected chi connectivity index (χ0v) is 28.0. The van der Waals surface area contributed by atoms with Crippen LogP contribution in [-0.2, 0) is 0 Å². The third-order valence-electron chi connectivity index (χ3n) is 10.3. The summed E-state index contributed by atoms with van der Waals surface area (Å²) in [5, 5.41) is 7.50. The molecule has 0 saturated carbocycles. The van der Waals surface area contributed by atoms with Crippen LogP contribution in [0, 0.1) is 0 Å². The lowest BCUT2D eigenvalue weighted by Gasteiger charge is -2.13. The largest absolute Gasteiger partial charge is 0.309 e. The number of para-hydroxylation sites is 3. The van der Waals surface area contributed by atoms with Gasteiger partial charge in [-0.1, -0.05) is 121 Å². The molecule has 7 aromatic carbocycles. The van der Waals surface area contributed by atoms with Crippen LogP contribution in [0.2, 0.25) is 0 Å². The second kappa shape index (κ2) is 11.2. The molecule has 0 aliphatic heterocycles. The molecule has 0 radical (unpaired) electrons. The van der Waals surface area contributed by atoms with Crippen molar-refractivity contribution in [1.82, 2.24) is 23.9 Å². The predicted octanol–water partition coefficient (Wildman–Crippen LogP) is 11.7. The number of nitrogens with zero attached hydrogens (tertiary/aromatic N) is 5. The lowest BCUT2D eigenvalue weighted by molar-refractivity contribution is 1.07. The lowest BCUT2D eigenvalue weighted by Crippen LogP contribution is -2.00. The highest BCUT2D eigenvalue weighted by Gasteiger charge is 2.20. The summed E-state index contributed by atoms with van der Waals surface area (Å²) in [5.74, 6) is 1.95. The molecule has 0 spiro atoms. The summed E-state index contributed by atoms with van der Waals surface area (Å²) in [6.07, 6.45) is 0. The normalized spacial score (nSPS) is 11.8. The van der Waals surface area contributed by atoms with Gasteiger partial charge in [-0.25, -0.2) is 15.0 Å². The van der Waals surface area contributed by atoms with E-state index in [1.807, 2.05) is 60.7 Å². The van der Waals surface area contributed by atoms with Gasteiger partial charge in [0, 0.05) is 49.3 Å². The van der Waals surface area contributed by atoms with Crippen molar-refractivity contribution < 1.29 is 0 Å². The van der Waals surface area contributed by atoms with Crippen molar-refractivity contribution in [3.05, 3.63) is 176 Å². The van der Waals surface area contributed by atoms with Gasteiger partial charge >= 0.3 is 0 Å². The molecular weight excluding hydrogens is 635 g/mol. The molecule has 242 valence electrons. The van der Waals surface area contributed by atoms with Gasteiger partial charge < -0.3 is 8.97 Å². The van der Waals surface area contributed by atoms with Crippen molar-refractivity contribution in [2.45, 2.75) is 0 Å². The van der Waals surface area contributed by atoms with E-state index in [1.54, 1.807) is 0 Å². The number of rotatable bonds is 4. The zero-order valence-electron chi connectivity index (χ0n) is 28.0. The third kappa shape index (κ3) is 4.26. The first kappa shape index (κ1) is 28.7. The van der Waals surface area contributed by atoms with Crippen LogP contribution in [0.5, 0.6) is 0 Å². The fourth-order valence-electron chi connectivity index (χ4n) is 8.02. The van der Waals surface area contributed by atoms with E-state index in [4.69, 9.17) is 15.0 Å². The topological polar surface area (TPSA) is 48.0 Å². The number of pyridine rings is 1. The maximum Gasteiger partial charge on any atom is 0.164 e. The highest BCUT2D eigenvalue weighted by atomic mass is 15.0. The minimum Gasteiger partial charge on any atom is -0.309 e. The number of fused-ring (bicyclic) bond motifs is 12. The Morgan fingerprint density at radius 2 is 0.846 bits per heavy atom. The Kier molecular flexibility index (Phi) is 6.18. The molecule has 0 aliphatic carbocycles. The number of hydrogen-bond donors (Lipinski definition) is 0. The molecule has 4 heterocycles. The van der Waals surface area contributed by atoms with Crippen LogP contribution in [0.25, 0.3) is 99.8 Å². The summed E-state index contributed by atoms with van der Waals surface area (Å²) in [7, 11) is 0. The highest BCUT2D eigenvalue weighted by Crippen LogP contribution is 2.42. The van der Waals surface area contributed by atoms with Gasteiger partial charge in [-0.15, -0.1) is 0 Å². The predicted molar refractivity (Wildman–Crippen MR) is 214 cm³/mol. The molecular formula is C47H29N5. The maximum atomic E-state index is 4.97. The van der Waals surface area contributed by atoms with Gasteiger partial charge in [-0.2, -0.15) is 0 Å². The van der Waals surface area contributed by atoms with Gasteiger partial charge in [-0.3, -0.25) is 0 Å². The first-order valence-corrected chi connectivity index (χ1v) is 17.5. The Balaban J connectivity index is 1.14. The van der Waals surface area contributed by atoms with Crippen LogP contribution in [0.15, 0.2) is 176 Å². The van der Waals surface area contributed by atoms with E-state index in [1.165, 1.54) is 54.4 Å². The summed E-state index contributed by atoms with van der Waals surface area (Å²) in [6.45, 7) is 0. The molecule has 0 aliphatic rings. The Bertz CT molecular complexity index is 3100. The summed E-state index contributed by atoms with van der Waals surface area (Å²) in [5.41, 5.74) is 9.90. The minimum absolute atomic E-state index is 0.641. The van der Waals surface area contributed by atoms with E-state index in [9.17, 15) is 0 Å².